The molecule has 2 aromatic heterocycles. The van der Waals surface area contributed by atoms with E-state index in [0.717, 1.165) is 5.39 Å². The molecule has 1 saturated heterocycles. The van der Waals surface area contributed by atoms with Gasteiger partial charge in [0.1, 0.15) is 12.0 Å². The van der Waals surface area contributed by atoms with E-state index in [-0.39, 0.29) is 10.6 Å². The first-order valence-electron chi connectivity index (χ1n) is 8.65. The molecule has 1 aromatic carbocycles. The quantitative estimate of drug-likeness (QED) is 0.488. The molecule has 0 radical (unpaired) electrons. The summed E-state index contributed by atoms with van der Waals surface area (Å²) >= 11 is 0. The molecule has 1 aliphatic heterocycles. The van der Waals surface area contributed by atoms with Gasteiger partial charge in [-0.1, -0.05) is 12.1 Å². The van der Waals surface area contributed by atoms with Gasteiger partial charge in [0, 0.05) is 55.4 Å². The lowest BCUT2D eigenvalue weighted by molar-refractivity contribution is -0.385. The van der Waals surface area contributed by atoms with Crippen LogP contribution in [0.3, 0.4) is 0 Å². The van der Waals surface area contributed by atoms with Crippen molar-refractivity contribution < 1.29 is 13.3 Å². The molecule has 28 heavy (non-hydrogen) atoms. The smallest absolute Gasteiger partial charge is 0.287 e. The summed E-state index contributed by atoms with van der Waals surface area (Å²) in [4.78, 5) is 20.6. The van der Waals surface area contributed by atoms with E-state index >= 15 is 0 Å². The largest absolute Gasteiger partial charge is 0.354 e. The third kappa shape index (κ3) is 3.27. The lowest BCUT2D eigenvalue weighted by Crippen LogP contribution is -2.48. The van der Waals surface area contributed by atoms with Crippen molar-refractivity contribution in [3.05, 3.63) is 65.1 Å². The second-order valence-corrected chi connectivity index (χ2v) is 8.28. The third-order valence-corrected chi connectivity index (χ3v) is 6.72. The van der Waals surface area contributed by atoms with Crippen LogP contribution in [0.15, 0.2) is 59.9 Å². The molecule has 10 heteroatoms. The van der Waals surface area contributed by atoms with Gasteiger partial charge in [0.05, 0.1) is 9.82 Å². The summed E-state index contributed by atoms with van der Waals surface area (Å²) in [6.45, 7) is 1.53. The Morgan fingerprint density at radius 2 is 1.79 bits per heavy atom. The Morgan fingerprint density at radius 1 is 1.00 bits per heavy atom. The number of fused-ring (bicyclic) bond motifs is 1. The predicted molar refractivity (Wildman–Crippen MR) is 104 cm³/mol. The first kappa shape index (κ1) is 18.3. The van der Waals surface area contributed by atoms with Crippen molar-refractivity contribution in [1.82, 2.24) is 14.3 Å². The average Bonchev–Trinajstić information content (AvgIpc) is 2.73. The number of aromatic nitrogens is 2. The Kier molecular flexibility index (Phi) is 4.65. The zero-order chi connectivity index (χ0) is 19.7. The summed E-state index contributed by atoms with van der Waals surface area (Å²) in [5.41, 5.74) is -0.0737. The normalized spacial score (nSPS) is 15.6. The number of hydrogen-bond acceptors (Lipinski definition) is 7. The van der Waals surface area contributed by atoms with Gasteiger partial charge < -0.3 is 4.90 Å². The maximum Gasteiger partial charge on any atom is 0.287 e. The van der Waals surface area contributed by atoms with Gasteiger partial charge in [0.2, 0.25) is 10.0 Å². The monoisotopic (exact) mass is 399 g/mol. The number of piperazine rings is 1. The van der Waals surface area contributed by atoms with Gasteiger partial charge in [-0.3, -0.25) is 15.1 Å². The summed E-state index contributed by atoms with van der Waals surface area (Å²) in [5, 5.41) is 12.2. The highest BCUT2D eigenvalue weighted by Gasteiger charge is 2.30. The van der Waals surface area contributed by atoms with E-state index in [9.17, 15) is 18.5 Å². The van der Waals surface area contributed by atoms with Gasteiger partial charge in [-0.25, -0.2) is 13.4 Å². The molecule has 4 rings (SSSR count). The summed E-state index contributed by atoms with van der Waals surface area (Å²) in [7, 11) is -3.64. The van der Waals surface area contributed by atoms with Crippen LogP contribution in [-0.4, -0.2) is 53.8 Å². The van der Waals surface area contributed by atoms with Crippen molar-refractivity contribution >= 4 is 32.3 Å². The van der Waals surface area contributed by atoms with Crippen LogP contribution in [0.25, 0.3) is 10.8 Å². The van der Waals surface area contributed by atoms with E-state index in [1.54, 1.807) is 36.7 Å². The number of nitro groups is 1. The maximum absolute atomic E-state index is 13.2. The SMILES string of the molecule is O=[N+]([O-])c1ccc(N2CCN(S(=O)(=O)c3cccc4cnccc34)CC2)nc1. The molecule has 0 amide bonds. The highest BCUT2D eigenvalue weighted by atomic mass is 32.2. The molecule has 0 saturated carbocycles. The third-order valence-electron chi connectivity index (χ3n) is 4.76. The number of rotatable bonds is 4. The fourth-order valence-corrected chi connectivity index (χ4v) is 4.92. The van der Waals surface area contributed by atoms with Crippen LogP contribution >= 0.6 is 0 Å². The van der Waals surface area contributed by atoms with Crippen LogP contribution in [0.2, 0.25) is 0 Å². The summed E-state index contributed by atoms with van der Waals surface area (Å²) in [5.74, 6) is 0.596. The molecule has 144 valence electrons. The van der Waals surface area contributed by atoms with Crippen LogP contribution in [0.4, 0.5) is 11.5 Å². The van der Waals surface area contributed by atoms with E-state index in [1.165, 1.54) is 16.6 Å². The van der Waals surface area contributed by atoms with Crippen molar-refractivity contribution in [2.45, 2.75) is 4.90 Å². The fraction of sp³-hybridized carbons (Fsp3) is 0.222. The van der Waals surface area contributed by atoms with Crippen molar-refractivity contribution in [3.63, 3.8) is 0 Å². The Morgan fingerprint density at radius 3 is 2.46 bits per heavy atom. The Labute approximate surface area is 161 Å². The van der Waals surface area contributed by atoms with Crippen LogP contribution in [-0.2, 0) is 10.0 Å². The second kappa shape index (κ2) is 7.13. The first-order valence-corrected chi connectivity index (χ1v) is 10.1. The number of hydrogen-bond donors (Lipinski definition) is 0. The molecule has 0 aliphatic carbocycles. The van der Waals surface area contributed by atoms with E-state index < -0.39 is 14.9 Å². The first-order chi connectivity index (χ1) is 13.5. The van der Waals surface area contributed by atoms with Crippen molar-refractivity contribution in [2.75, 3.05) is 31.1 Å². The van der Waals surface area contributed by atoms with E-state index in [1.807, 2.05) is 11.0 Å². The summed E-state index contributed by atoms with van der Waals surface area (Å²) in [6, 6.07) is 9.85. The van der Waals surface area contributed by atoms with Gasteiger partial charge in [0.25, 0.3) is 5.69 Å². The van der Waals surface area contributed by atoms with E-state index in [0.29, 0.717) is 37.4 Å². The molecule has 0 bridgehead atoms. The average molecular weight is 399 g/mol. The zero-order valence-corrected chi connectivity index (χ0v) is 15.6. The number of nitrogens with zero attached hydrogens (tertiary/aromatic N) is 5. The standard InChI is InChI=1S/C18H17N5O4S/c24-23(25)15-4-5-18(20-13-15)21-8-10-22(11-9-21)28(26,27)17-3-1-2-14-12-19-7-6-16(14)17/h1-7,12-13H,8-11H2. The van der Waals surface area contributed by atoms with Gasteiger partial charge >= 0.3 is 0 Å². The Balaban J connectivity index is 1.53. The number of benzene rings is 1. The van der Waals surface area contributed by atoms with Crippen LogP contribution in [0, 0.1) is 10.1 Å². The van der Waals surface area contributed by atoms with Crippen molar-refractivity contribution in [1.29, 1.82) is 0 Å². The second-order valence-electron chi connectivity index (χ2n) is 6.38. The molecule has 1 fully saturated rings. The summed E-state index contributed by atoms with van der Waals surface area (Å²) in [6.07, 6.45) is 4.44. The lowest BCUT2D eigenvalue weighted by Gasteiger charge is -2.34. The minimum atomic E-state index is -3.64. The molecule has 3 heterocycles. The minimum absolute atomic E-state index is 0.0737. The van der Waals surface area contributed by atoms with Gasteiger partial charge in [-0.05, 0) is 18.2 Å². The zero-order valence-electron chi connectivity index (χ0n) is 14.8. The molecule has 9 nitrogen and oxygen atoms in total. The lowest BCUT2D eigenvalue weighted by atomic mass is 10.2. The van der Waals surface area contributed by atoms with E-state index in [4.69, 9.17) is 0 Å². The molecular formula is C18H17N5O4S. The summed E-state index contributed by atoms with van der Waals surface area (Å²) < 4.78 is 27.8. The van der Waals surface area contributed by atoms with Crippen molar-refractivity contribution in [3.8, 4) is 0 Å². The predicted octanol–water partition coefficient (Wildman–Crippen LogP) is 2.05. The van der Waals surface area contributed by atoms with E-state index in [2.05, 4.69) is 9.97 Å². The molecule has 1 aliphatic rings. The van der Waals surface area contributed by atoms with Gasteiger partial charge in [0.15, 0.2) is 0 Å². The van der Waals surface area contributed by atoms with Crippen LogP contribution in [0.5, 0.6) is 0 Å². The van der Waals surface area contributed by atoms with Crippen molar-refractivity contribution in [2.24, 2.45) is 0 Å². The maximum atomic E-state index is 13.2. The van der Waals surface area contributed by atoms with Crippen LogP contribution < -0.4 is 4.90 Å². The fourth-order valence-electron chi connectivity index (χ4n) is 3.29. The molecule has 0 spiro atoms. The molecule has 3 aromatic rings. The number of sulfonamides is 1. The highest BCUT2D eigenvalue weighted by Crippen LogP contribution is 2.26. The molecule has 0 N–H and O–H groups in total. The van der Waals surface area contributed by atoms with Gasteiger partial charge in [-0.15, -0.1) is 0 Å². The van der Waals surface area contributed by atoms with Gasteiger partial charge in [-0.2, -0.15) is 4.31 Å². The molecule has 0 unspecified atom stereocenters. The number of pyridine rings is 2. The molecule has 0 atom stereocenters. The highest BCUT2D eigenvalue weighted by molar-refractivity contribution is 7.89. The number of anilines is 1. The minimum Gasteiger partial charge on any atom is -0.354 e. The molecular weight excluding hydrogens is 382 g/mol. The Bertz CT molecular complexity index is 1120. The Hall–Kier alpha value is -3.11. The van der Waals surface area contributed by atoms with Crippen LogP contribution in [0.1, 0.15) is 0 Å². The topological polar surface area (TPSA) is 110 Å².